The van der Waals surface area contributed by atoms with Crippen LogP contribution in [0.2, 0.25) is 0 Å². The third-order valence-electron chi connectivity index (χ3n) is 5.27. The van der Waals surface area contributed by atoms with E-state index in [9.17, 15) is 18.0 Å². The van der Waals surface area contributed by atoms with Crippen LogP contribution in [0.4, 0.5) is 5.69 Å². The fourth-order valence-electron chi connectivity index (χ4n) is 3.25. The van der Waals surface area contributed by atoms with E-state index in [2.05, 4.69) is 10.9 Å². The number of nitrogens with zero attached hydrogens (tertiary/aromatic N) is 1. The maximum absolute atomic E-state index is 12.8. The number of hydrogen-bond acceptors (Lipinski definition) is 6. The van der Waals surface area contributed by atoms with Gasteiger partial charge in [-0.05, 0) is 55.5 Å². The number of ether oxygens (including phenoxy) is 2. The van der Waals surface area contributed by atoms with Gasteiger partial charge in [-0.15, -0.1) is 0 Å². The first-order valence-corrected chi connectivity index (χ1v) is 11.8. The van der Waals surface area contributed by atoms with E-state index in [0.29, 0.717) is 17.2 Å². The first-order chi connectivity index (χ1) is 16.3. The van der Waals surface area contributed by atoms with Crippen molar-refractivity contribution in [2.24, 2.45) is 0 Å². The summed E-state index contributed by atoms with van der Waals surface area (Å²) >= 11 is 0. The summed E-state index contributed by atoms with van der Waals surface area (Å²) < 4.78 is 37.9. The Balaban J connectivity index is 1.36. The average Bonchev–Trinajstić information content (AvgIpc) is 2.86. The van der Waals surface area contributed by atoms with Crippen LogP contribution in [0.25, 0.3) is 0 Å². The number of hydrazine groups is 1. The number of para-hydroxylation sites is 2. The van der Waals surface area contributed by atoms with Crippen molar-refractivity contribution in [3.05, 3.63) is 83.9 Å². The number of benzene rings is 3. The minimum atomic E-state index is -3.75. The molecule has 3 aromatic carbocycles. The highest BCUT2D eigenvalue weighted by Crippen LogP contribution is 2.30. The van der Waals surface area contributed by atoms with E-state index >= 15 is 0 Å². The molecular formula is C24H23N3O6S. The number of fused-ring (bicyclic) bond motifs is 1. The summed E-state index contributed by atoms with van der Waals surface area (Å²) in [6, 6.07) is 19.5. The van der Waals surface area contributed by atoms with Gasteiger partial charge >= 0.3 is 0 Å². The average molecular weight is 482 g/mol. The Labute approximate surface area is 197 Å². The lowest BCUT2D eigenvalue weighted by molar-refractivity contribution is -0.131. The minimum absolute atomic E-state index is 0.00913. The molecule has 10 heteroatoms. The van der Waals surface area contributed by atoms with E-state index in [1.807, 2.05) is 6.92 Å². The van der Waals surface area contributed by atoms with Crippen LogP contribution >= 0.6 is 0 Å². The molecule has 4 rings (SSSR count). The Morgan fingerprint density at radius 2 is 1.56 bits per heavy atom. The molecule has 9 nitrogen and oxygen atoms in total. The summed E-state index contributed by atoms with van der Waals surface area (Å²) in [5.74, 6) is -0.143. The summed E-state index contributed by atoms with van der Waals surface area (Å²) in [4.78, 5) is 24.9. The number of aryl methyl sites for hydroxylation is 1. The van der Waals surface area contributed by atoms with E-state index in [4.69, 9.17) is 9.47 Å². The summed E-state index contributed by atoms with van der Waals surface area (Å²) in [5, 5.41) is 0. The minimum Gasteiger partial charge on any atom is -0.485 e. The maximum atomic E-state index is 12.8. The van der Waals surface area contributed by atoms with Gasteiger partial charge in [-0.3, -0.25) is 24.7 Å². The molecule has 0 saturated heterocycles. The molecule has 0 bridgehead atoms. The standard InChI is InChI=1S/C24H23N3O6S/c1-16-7-13-19(14-8-16)34(30,31)27(2)18-11-9-17(10-12-18)23(28)25-26-24(29)22-15-32-20-5-3-4-6-21(20)33-22/h3-14,22H,15H2,1-2H3,(H,25,28)(H,26,29). The first kappa shape index (κ1) is 23.1. The van der Waals surface area contributed by atoms with Gasteiger partial charge in [0.15, 0.2) is 11.5 Å². The quantitative estimate of drug-likeness (QED) is 0.541. The lowest BCUT2D eigenvalue weighted by Crippen LogP contribution is -2.50. The van der Waals surface area contributed by atoms with Gasteiger partial charge in [0.1, 0.15) is 6.61 Å². The van der Waals surface area contributed by atoms with E-state index < -0.39 is 27.9 Å². The fourth-order valence-corrected chi connectivity index (χ4v) is 4.45. The molecule has 176 valence electrons. The third-order valence-corrected chi connectivity index (χ3v) is 7.07. The summed E-state index contributed by atoms with van der Waals surface area (Å²) in [5.41, 5.74) is 6.21. The van der Waals surface area contributed by atoms with E-state index in [1.165, 1.54) is 31.3 Å². The molecule has 0 radical (unpaired) electrons. The SMILES string of the molecule is Cc1ccc(S(=O)(=O)N(C)c2ccc(C(=O)NNC(=O)C3COc4ccccc4O3)cc2)cc1. The van der Waals surface area contributed by atoms with Crippen molar-refractivity contribution in [1.29, 1.82) is 0 Å². The van der Waals surface area contributed by atoms with Crippen LogP contribution in [0.3, 0.4) is 0 Å². The predicted octanol–water partition coefficient (Wildman–Crippen LogP) is 2.42. The van der Waals surface area contributed by atoms with Crippen LogP contribution in [0, 0.1) is 6.92 Å². The van der Waals surface area contributed by atoms with Crippen molar-refractivity contribution >= 4 is 27.5 Å². The number of hydrogen-bond donors (Lipinski definition) is 2. The molecule has 1 unspecified atom stereocenters. The molecule has 1 heterocycles. The Morgan fingerprint density at radius 1 is 0.912 bits per heavy atom. The molecule has 34 heavy (non-hydrogen) atoms. The number of sulfonamides is 1. The van der Waals surface area contributed by atoms with Crippen molar-refractivity contribution in [3.8, 4) is 11.5 Å². The smallest absolute Gasteiger partial charge is 0.283 e. The zero-order valence-corrected chi connectivity index (χ0v) is 19.3. The van der Waals surface area contributed by atoms with Crippen molar-refractivity contribution in [3.63, 3.8) is 0 Å². The topological polar surface area (TPSA) is 114 Å². The Morgan fingerprint density at radius 3 is 2.24 bits per heavy atom. The molecular weight excluding hydrogens is 458 g/mol. The maximum Gasteiger partial charge on any atom is 0.283 e. The third kappa shape index (κ3) is 4.81. The number of amides is 2. The van der Waals surface area contributed by atoms with E-state index in [-0.39, 0.29) is 17.1 Å². The molecule has 2 amide bonds. The monoisotopic (exact) mass is 481 g/mol. The molecule has 0 saturated carbocycles. The van der Waals surface area contributed by atoms with Gasteiger partial charge in [0, 0.05) is 12.6 Å². The predicted molar refractivity (Wildman–Crippen MR) is 125 cm³/mol. The van der Waals surface area contributed by atoms with Crippen molar-refractivity contribution in [2.45, 2.75) is 17.9 Å². The highest BCUT2D eigenvalue weighted by molar-refractivity contribution is 7.92. The Hall–Kier alpha value is -4.05. The van der Waals surface area contributed by atoms with Gasteiger partial charge in [0.25, 0.3) is 21.8 Å². The van der Waals surface area contributed by atoms with Gasteiger partial charge < -0.3 is 9.47 Å². The van der Waals surface area contributed by atoms with Crippen LogP contribution in [0.5, 0.6) is 11.5 Å². The molecule has 0 spiro atoms. The van der Waals surface area contributed by atoms with Gasteiger partial charge in [-0.25, -0.2) is 8.42 Å². The van der Waals surface area contributed by atoms with Crippen LogP contribution in [-0.2, 0) is 14.8 Å². The lowest BCUT2D eigenvalue weighted by atomic mass is 10.2. The number of carbonyl (C=O) groups is 2. The van der Waals surface area contributed by atoms with E-state index in [0.717, 1.165) is 9.87 Å². The molecule has 1 atom stereocenters. The second-order valence-corrected chi connectivity index (χ2v) is 9.61. The Kier molecular flexibility index (Phi) is 6.42. The van der Waals surface area contributed by atoms with Crippen molar-refractivity contribution < 1.29 is 27.5 Å². The van der Waals surface area contributed by atoms with Crippen LogP contribution in [-0.4, -0.2) is 40.0 Å². The molecule has 1 aliphatic heterocycles. The Bertz CT molecular complexity index is 1310. The van der Waals surface area contributed by atoms with Crippen molar-refractivity contribution in [1.82, 2.24) is 10.9 Å². The van der Waals surface area contributed by atoms with Crippen molar-refractivity contribution in [2.75, 3.05) is 18.0 Å². The van der Waals surface area contributed by atoms with Gasteiger partial charge in [0.2, 0.25) is 6.10 Å². The normalized spacial score (nSPS) is 14.7. The zero-order chi connectivity index (χ0) is 24.3. The molecule has 0 aromatic heterocycles. The van der Waals surface area contributed by atoms with Gasteiger partial charge in [-0.2, -0.15) is 0 Å². The first-order valence-electron chi connectivity index (χ1n) is 10.4. The molecule has 3 aromatic rings. The van der Waals surface area contributed by atoms with Crippen LogP contribution in [0.1, 0.15) is 15.9 Å². The number of rotatable bonds is 5. The van der Waals surface area contributed by atoms with E-state index in [1.54, 1.807) is 48.5 Å². The summed E-state index contributed by atoms with van der Waals surface area (Å²) in [6.07, 6.45) is -0.918. The second kappa shape index (κ2) is 9.44. The number of carbonyl (C=O) groups excluding carboxylic acids is 2. The zero-order valence-electron chi connectivity index (χ0n) is 18.5. The number of anilines is 1. The molecule has 2 N–H and O–H groups in total. The highest BCUT2D eigenvalue weighted by Gasteiger charge is 2.27. The highest BCUT2D eigenvalue weighted by atomic mass is 32.2. The molecule has 0 fully saturated rings. The van der Waals surface area contributed by atoms with Gasteiger partial charge in [0.05, 0.1) is 10.6 Å². The van der Waals surface area contributed by atoms with Crippen LogP contribution < -0.4 is 24.6 Å². The summed E-state index contributed by atoms with van der Waals surface area (Å²) in [6.45, 7) is 1.89. The fraction of sp³-hybridized carbons (Fsp3) is 0.167. The largest absolute Gasteiger partial charge is 0.485 e. The lowest BCUT2D eigenvalue weighted by Gasteiger charge is -2.25. The molecule has 1 aliphatic rings. The molecule has 0 aliphatic carbocycles. The van der Waals surface area contributed by atoms with Crippen LogP contribution in [0.15, 0.2) is 77.7 Å². The second-order valence-electron chi connectivity index (χ2n) is 7.64. The van der Waals surface area contributed by atoms with Gasteiger partial charge in [-0.1, -0.05) is 29.8 Å². The number of nitrogens with one attached hydrogen (secondary N) is 2. The summed E-state index contributed by atoms with van der Waals surface area (Å²) in [7, 11) is -2.31.